The van der Waals surface area contributed by atoms with E-state index >= 15 is 0 Å². The molecule has 0 aromatic heterocycles. The smallest absolute Gasteiger partial charge is 0.744 e. The van der Waals surface area contributed by atoms with Gasteiger partial charge in [0.2, 0.25) is 31.6 Å². The SMILES string of the molecule is O=P(=O)[O-].O=P(=O)[O-].O=P(=O)[O-].O=P(=O)[O-].[Al+3].[K+]. The zero-order valence-corrected chi connectivity index (χ0v) is 16.1. The van der Waals surface area contributed by atoms with Gasteiger partial charge in [0.15, 0.2) is 0 Å². The predicted molar refractivity (Wildman–Crippen MR) is 38.9 cm³/mol. The molecule has 0 atom stereocenters. The fourth-order valence-corrected chi connectivity index (χ4v) is 0. The summed E-state index contributed by atoms with van der Waals surface area (Å²) >= 11 is 0. The van der Waals surface area contributed by atoms with E-state index < -0.39 is 31.6 Å². The molecule has 0 saturated carbocycles. The van der Waals surface area contributed by atoms with Gasteiger partial charge in [0, 0.05) is 0 Å². The Morgan fingerprint density at radius 1 is 0.444 bits per heavy atom. The molecular weight excluding hydrogens is 382 g/mol. The molecule has 0 aliphatic carbocycles. The molecule has 0 N–H and O–H groups in total. The van der Waals surface area contributed by atoms with Crippen LogP contribution < -0.4 is 71.0 Å². The van der Waals surface area contributed by atoms with Crippen LogP contribution in [0.15, 0.2) is 0 Å². The van der Waals surface area contributed by atoms with Crippen molar-refractivity contribution in [3.63, 3.8) is 0 Å². The minimum absolute atomic E-state index is 0. The molecule has 0 rings (SSSR count). The van der Waals surface area contributed by atoms with Crippen LogP contribution >= 0.6 is 31.6 Å². The third-order valence-electron chi connectivity index (χ3n) is 0. The van der Waals surface area contributed by atoms with Gasteiger partial charge in [-0.3, -0.25) is 36.5 Å². The summed E-state index contributed by atoms with van der Waals surface area (Å²) in [4.78, 5) is 33.9. The van der Waals surface area contributed by atoms with Gasteiger partial charge in [0.25, 0.3) is 0 Å². The van der Waals surface area contributed by atoms with Crippen molar-refractivity contribution >= 4 is 49.0 Å². The molecule has 0 aromatic rings. The number of rotatable bonds is 0. The van der Waals surface area contributed by atoms with Crippen LogP contribution in [-0.4, -0.2) is 17.4 Å². The molecular formula is AlKO12P4. The summed E-state index contributed by atoms with van der Waals surface area (Å²) in [6.07, 6.45) is 0. The first-order valence-corrected chi connectivity index (χ1v) is 6.57. The topological polar surface area (TPSA) is 229 Å². The van der Waals surface area contributed by atoms with Crippen LogP contribution in [0.2, 0.25) is 0 Å². The van der Waals surface area contributed by atoms with Crippen LogP contribution in [-0.2, 0) is 36.5 Å². The summed E-state index contributed by atoms with van der Waals surface area (Å²) in [6.45, 7) is 0. The zero-order chi connectivity index (χ0) is 14.3. The van der Waals surface area contributed by atoms with Crippen LogP contribution in [0.5, 0.6) is 0 Å². The second kappa shape index (κ2) is 31.2. The second-order valence-electron chi connectivity index (χ2n) is 0.894. The van der Waals surface area contributed by atoms with Crippen LogP contribution in [0.1, 0.15) is 0 Å². The molecule has 0 fully saturated rings. The van der Waals surface area contributed by atoms with Gasteiger partial charge in [0.1, 0.15) is 0 Å². The largest absolute Gasteiger partial charge is 3.00 e. The van der Waals surface area contributed by atoms with Crippen LogP contribution in [0, 0.1) is 0 Å². The van der Waals surface area contributed by atoms with E-state index in [2.05, 4.69) is 0 Å². The normalized spacial score (nSPS) is 5.56. The van der Waals surface area contributed by atoms with Gasteiger partial charge in [-0.05, 0) is 0 Å². The Hall–Kier alpha value is 1.61. The average Bonchev–Trinajstić information content (AvgIpc) is 1.76. The van der Waals surface area contributed by atoms with E-state index in [0.717, 1.165) is 0 Å². The zero-order valence-electron chi connectivity index (χ0n) is 8.27. The van der Waals surface area contributed by atoms with Crippen molar-refractivity contribution in [3.05, 3.63) is 0 Å². The van der Waals surface area contributed by atoms with Crippen LogP contribution in [0.25, 0.3) is 0 Å². The van der Waals surface area contributed by atoms with E-state index in [9.17, 15) is 0 Å². The summed E-state index contributed by atoms with van der Waals surface area (Å²) in [5.41, 5.74) is 0. The van der Waals surface area contributed by atoms with Crippen LogP contribution in [0.3, 0.4) is 0 Å². The molecule has 0 saturated heterocycles. The van der Waals surface area contributed by atoms with E-state index in [1.54, 1.807) is 0 Å². The maximum Gasteiger partial charge on any atom is 3.00 e. The third kappa shape index (κ3) is 1880. The Morgan fingerprint density at radius 3 is 0.444 bits per heavy atom. The van der Waals surface area contributed by atoms with Gasteiger partial charge in [-0.15, -0.1) is 0 Å². The van der Waals surface area contributed by atoms with Crippen LogP contribution in [0.4, 0.5) is 0 Å². The molecule has 0 radical (unpaired) electrons. The monoisotopic (exact) mass is 382 g/mol. The molecule has 96 valence electrons. The van der Waals surface area contributed by atoms with E-state index in [4.69, 9.17) is 56.1 Å². The van der Waals surface area contributed by atoms with Crippen molar-refractivity contribution in [1.29, 1.82) is 0 Å². The van der Waals surface area contributed by atoms with Gasteiger partial charge in [-0.1, -0.05) is 0 Å². The fraction of sp³-hybridized carbons (Fsp3) is 0. The summed E-state index contributed by atoms with van der Waals surface area (Å²) in [5, 5.41) is 0. The van der Waals surface area contributed by atoms with Crippen molar-refractivity contribution in [2.45, 2.75) is 0 Å². The number of hydrogen-bond acceptors (Lipinski definition) is 12. The Balaban J connectivity index is -0.0000000257. The Labute approximate surface area is 154 Å². The van der Waals surface area contributed by atoms with Crippen molar-refractivity contribution in [3.8, 4) is 0 Å². The summed E-state index contributed by atoms with van der Waals surface area (Å²) in [7, 11) is -13.5. The Morgan fingerprint density at radius 2 is 0.444 bits per heavy atom. The summed E-state index contributed by atoms with van der Waals surface area (Å²) in [6, 6.07) is 0. The first-order chi connectivity index (χ1) is 6.93. The minimum atomic E-state index is -3.37. The molecule has 12 nitrogen and oxygen atoms in total. The molecule has 0 heterocycles. The molecule has 18 heteroatoms. The van der Waals surface area contributed by atoms with Gasteiger partial charge < -0.3 is 19.6 Å². The van der Waals surface area contributed by atoms with Crippen molar-refractivity contribution < 1.29 is 107 Å². The van der Waals surface area contributed by atoms with Crippen molar-refractivity contribution in [2.75, 3.05) is 0 Å². The number of hydrogen-bond donors (Lipinski definition) is 0. The third-order valence-corrected chi connectivity index (χ3v) is 0. The molecule has 0 unspecified atom stereocenters. The maximum absolute atomic E-state index is 8.48. The Bertz CT molecular complexity index is 298. The Kier molecular flexibility index (Phi) is 63.5. The molecule has 0 aliphatic rings. The van der Waals surface area contributed by atoms with Crippen molar-refractivity contribution in [2.24, 2.45) is 0 Å². The van der Waals surface area contributed by atoms with Crippen molar-refractivity contribution in [1.82, 2.24) is 0 Å². The van der Waals surface area contributed by atoms with E-state index in [-0.39, 0.29) is 68.7 Å². The minimum Gasteiger partial charge on any atom is -0.744 e. The first kappa shape index (κ1) is 36.7. The summed E-state index contributed by atoms with van der Waals surface area (Å²) in [5.74, 6) is 0. The standard InChI is InChI=1S/Al.K.4HO3P/c;;4*1-4(2)3/h;;4*(H,1,2,3)/q+3;+1;;;;/p-4. The maximum atomic E-state index is 8.48. The predicted octanol–water partition coefficient (Wildman–Crippen LogP) is -5.64. The molecule has 0 aromatic carbocycles. The van der Waals surface area contributed by atoms with Gasteiger partial charge in [-0.2, -0.15) is 0 Å². The van der Waals surface area contributed by atoms with E-state index in [1.165, 1.54) is 0 Å². The quantitative estimate of drug-likeness (QED) is 0.282. The van der Waals surface area contributed by atoms with Gasteiger partial charge in [-0.25, -0.2) is 0 Å². The van der Waals surface area contributed by atoms with E-state index in [1.807, 2.05) is 0 Å². The average molecular weight is 382 g/mol. The van der Waals surface area contributed by atoms with Gasteiger partial charge in [0.05, 0.1) is 0 Å². The van der Waals surface area contributed by atoms with E-state index in [0.29, 0.717) is 0 Å². The molecule has 18 heavy (non-hydrogen) atoms. The first-order valence-electron chi connectivity index (χ1n) is 2.19. The van der Waals surface area contributed by atoms with Gasteiger partial charge >= 0.3 is 68.7 Å². The fourth-order valence-electron chi connectivity index (χ4n) is 0. The summed E-state index contributed by atoms with van der Waals surface area (Å²) < 4.78 is 67.9. The molecule has 0 amide bonds. The molecule has 0 bridgehead atoms. The second-order valence-corrected chi connectivity index (χ2v) is 2.68. The molecule has 0 aliphatic heterocycles. The molecule has 0 spiro atoms.